The van der Waals surface area contributed by atoms with Crippen molar-refractivity contribution in [2.24, 2.45) is 0 Å². The van der Waals surface area contributed by atoms with Gasteiger partial charge in [0.25, 0.3) is 0 Å². The number of pyridine rings is 2. The molecule has 2 rings (SSSR count). The van der Waals surface area contributed by atoms with Gasteiger partial charge < -0.3 is 4.74 Å². The van der Waals surface area contributed by atoms with Gasteiger partial charge in [0.2, 0.25) is 0 Å². The molecule has 2 aromatic rings. The molecule has 5 nitrogen and oxygen atoms in total. The van der Waals surface area contributed by atoms with E-state index in [0.717, 1.165) is 22.5 Å². The zero-order chi connectivity index (χ0) is 17.0. The van der Waals surface area contributed by atoms with E-state index in [4.69, 9.17) is 4.74 Å². The molecule has 0 saturated carbocycles. The van der Waals surface area contributed by atoms with Crippen molar-refractivity contribution in [3.63, 3.8) is 0 Å². The highest BCUT2D eigenvalue weighted by Crippen LogP contribution is 2.28. The zero-order valence-corrected chi connectivity index (χ0v) is 15.0. The molecule has 6 heteroatoms. The van der Waals surface area contributed by atoms with Gasteiger partial charge in [-0.25, -0.2) is 8.93 Å². The Morgan fingerprint density at radius 2 is 2.00 bits per heavy atom. The molecular formula is C17H23N3O2S. The Morgan fingerprint density at radius 1 is 1.26 bits per heavy atom. The number of hydrogen-bond acceptors (Lipinski definition) is 4. The molecule has 23 heavy (non-hydrogen) atoms. The van der Waals surface area contributed by atoms with E-state index < -0.39 is 11.0 Å². The first-order valence-corrected chi connectivity index (χ1v) is 8.57. The van der Waals surface area contributed by atoms with E-state index in [1.807, 2.05) is 45.9 Å². The highest BCUT2D eigenvalue weighted by Gasteiger charge is 2.19. The fourth-order valence-corrected chi connectivity index (χ4v) is 2.74. The maximum atomic E-state index is 12.1. The van der Waals surface area contributed by atoms with Crippen LogP contribution in [0.15, 0.2) is 30.6 Å². The largest absolute Gasteiger partial charge is 0.494 e. The molecule has 1 N–H and O–H groups in total. The molecule has 0 aromatic carbocycles. The molecule has 0 aliphatic heterocycles. The summed E-state index contributed by atoms with van der Waals surface area (Å²) in [4.78, 5) is 8.71. The Morgan fingerprint density at radius 3 is 2.61 bits per heavy atom. The van der Waals surface area contributed by atoms with Crippen molar-refractivity contribution in [2.45, 2.75) is 39.0 Å². The predicted molar refractivity (Wildman–Crippen MR) is 93.5 cm³/mol. The van der Waals surface area contributed by atoms with Crippen molar-refractivity contribution in [3.8, 4) is 17.0 Å². The first kappa shape index (κ1) is 17.6. The van der Waals surface area contributed by atoms with E-state index in [2.05, 4.69) is 14.7 Å². The summed E-state index contributed by atoms with van der Waals surface area (Å²) in [7, 11) is 0.506. The Kier molecular flexibility index (Phi) is 5.49. The van der Waals surface area contributed by atoms with Crippen LogP contribution < -0.4 is 9.46 Å². The first-order chi connectivity index (χ1) is 10.8. The molecule has 124 valence electrons. The van der Waals surface area contributed by atoms with Gasteiger partial charge in [-0.3, -0.25) is 9.97 Å². The van der Waals surface area contributed by atoms with Gasteiger partial charge in [-0.05, 0) is 51.5 Å². The topological polar surface area (TPSA) is 64.1 Å². The Balaban J connectivity index is 2.22. The van der Waals surface area contributed by atoms with Crippen LogP contribution in [-0.2, 0) is 17.5 Å². The number of aromatic nitrogens is 2. The minimum absolute atomic E-state index is 0.300. The van der Waals surface area contributed by atoms with E-state index in [1.54, 1.807) is 19.5 Å². The van der Waals surface area contributed by atoms with Gasteiger partial charge in [0.05, 0.1) is 22.8 Å². The molecule has 0 fully saturated rings. The molecule has 0 aliphatic carbocycles. The number of ether oxygens (including phenoxy) is 1. The Bertz CT molecular complexity index is 711. The van der Waals surface area contributed by atoms with Gasteiger partial charge in [-0.15, -0.1) is 0 Å². The third-order valence-electron chi connectivity index (χ3n) is 3.26. The van der Waals surface area contributed by atoms with Gasteiger partial charge in [0.15, 0.2) is 0 Å². The summed E-state index contributed by atoms with van der Waals surface area (Å²) in [5.41, 5.74) is 3.59. The van der Waals surface area contributed by atoms with E-state index in [0.29, 0.717) is 12.3 Å². The summed E-state index contributed by atoms with van der Waals surface area (Å²) in [6.45, 7) is 8.22. The Hall–Kier alpha value is -1.79. The first-order valence-electron chi connectivity index (χ1n) is 7.42. The lowest BCUT2D eigenvalue weighted by Gasteiger charge is -2.18. The third kappa shape index (κ3) is 4.59. The van der Waals surface area contributed by atoms with Crippen LogP contribution in [0.5, 0.6) is 5.75 Å². The van der Waals surface area contributed by atoms with Crippen molar-refractivity contribution >= 4 is 11.0 Å². The van der Waals surface area contributed by atoms with E-state index in [-0.39, 0.29) is 4.75 Å². The number of rotatable bonds is 5. The highest BCUT2D eigenvalue weighted by molar-refractivity contribution is 7.84. The summed E-state index contributed by atoms with van der Waals surface area (Å²) < 4.78 is 20.3. The maximum Gasteiger partial charge on any atom is 0.145 e. The normalized spacial score (nSPS) is 12.9. The van der Waals surface area contributed by atoms with Gasteiger partial charge in [-0.2, -0.15) is 0 Å². The van der Waals surface area contributed by atoms with E-state index in [9.17, 15) is 4.21 Å². The minimum atomic E-state index is -1.12. The van der Waals surface area contributed by atoms with Gasteiger partial charge >= 0.3 is 0 Å². The van der Waals surface area contributed by atoms with Crippen LogP contribution in [0.1, 0.15) is 32.0 Å². The fraction of sp³-hybridized carbons (Fsp3) is 0.412. The average Bonchev–Trinajstić information content (AvgIpc) is 2.51. The molecular weight excluding hydrogens is 310 g/mol. The second-order valence-corrected chi connectivity index (χ2v) is 8.33. The second kappa shape index (κ2) is 7.19. The molecule has 0 radical (unpaired) electrons. The van der Waals surface area contributed by atoms with Crippen molar-refractivity contribution < 1.29 is 8.95 Å². The van der Waals surface area contributed by atoms with Crippen LogP contribution in [0.4, 0.5) is 0 Å². The van der Waals surface area contributed by atoms with Crippen LogP contribution >= 0.6 is 0 Å². The molecule has 2 aromatic heterocycles. The van der Waals surface area contributed by atoms with Crippen molar-refractivity contribution in [2.75, 3.05) is 7.11 Å². The van der Waals surface area contributed by atoms with Crippen LogP contribution in [0.3, 0.4) is 0 Å². The smallest absolute Gasteiger partial charge is 0.145 e. The summed E-state index contributed by atoms with van der Waals surface area (Å²) in [5, 5.41) is 0. The van der Waals surface area contributed by atoms with Crippen LogP contribution in [0.25, 0.3) is 11.3 Å². The number of nitrogens with zero attached hydrogens (tertiary/aromatic N) is 2. The monoisotopic (exact) mass is 333 g/mol. The van der Waals surface area contributed by atoms with E-state index >= 15 is 0 Å². The molecule has 1 unspecified atom stereocenters. The standard InChI is InChI=1S/C17H23N3O2S/c1-12-8-14(6-7-18-12)16-15(22-5)9-13(10-19-16)11-20-23(21)17(2,3)4/h6-10,20H,11H2,1-5H3. The zero-order valence-electron chi connectivity index (χ0n) is 14.2. The number of methoxy groups -OCH3 is 1. The molecule has 0 bridgehead atoms. The van der Waals surface area contributed by atoms with Gasteiger partial charge in [-0.1, -0.05) is 0 Å². The minimum Gasteiger partial charge on any atom is -0.494 e. The van der Waals surface area contributed by atoms with Crippen molar-refractivity contribution in [1.82, 2.24) is 14.7 Å². The SMILES string of the molecule is COc1cc(CNS(=O)C(C)(C)C)cnc1-c1ccnc(C)c1. The molecule has 0 amide bonds. The lowest BCUT2D eigenvalue weighted by molar-refractivity contribution is 0.414. The van der Waals surface area contributed by atoms with Crippen LogP contribution in [-0.4, -0.2) is 26.0 Å². The maximum absolute atomic E-state index is 12.1. The van der Waals surface area contributed by atoms with Crippen LogP contribution in [0, 0.1) is 6.92 Å². The highest BCUT2D eigenvalue weighted by atomic mass is 32.2. The molecule has 1 atom stereocenters. The number of aryl methyl sites for hydroxylation is 1. The lowest BCUT2D eigenvalue weighted by Crippen LogP contribution is -2.32. The number of nitrogens with one attached hydrogen (secondary N) is 1. The Labute approximate surface area is 140 Å². The van der Waals surface area contributed by atoms with Gasteiger partial charge in [0, 0.05) is 30.2 Å². The van der Waals surface area contributed by atoms with Crippen molar-refractivity contribution in [3.05, 3.63) is 41.9 Å². The van der Waals surface area contributed by atoms with Gasteiger partial charge in [0.1, 0.15) is 11.4 Å². The second-order valence-electron chi connectivity index (χ2n) is 6.28. The predicted octanol–water partition coefficient (Wildman–Crippen LogP) is 3.01. The molecule has 2 heterocycles. The molecule has 0 aliphatic rings. The summed E-state index contributed by atoms with van der Waals surface area (Å²) in [6, 6.07) is 5.80. The van der Waals surface area contributed by atoms with Crippen molar-refractivity contribution in [1.29, 1.82) is 0 Å². The molecule has 0 saturated heterocycles. The summed E-state index contributed by atoms with van der Waals surface area (Å²) >= 11 is 0. The van der Waals surface area contributed by atoms with E-state index in [1.165, 1.54) is 0 Å². The lowest BCUT2D eigenvalue weighted by atomic mass is 10.1. The third-order valence-corrected chi connectivity index (χ3v) is 4.78. The average molecular weight is 333 g/mol. The summed E-state index contributed by atoms with van der Waals surface area (Å²) in [5.74, 6) is 0.691. The molecule has 0 spiro atoms. The summed E-state index contributed by atoms with van der Waals surface area (Å²) in [6.07, 6.45) is 3.54. The fourth-order valence-electron chi connectivity index (χ4n) is 2.01. The number of hydrogen-bond donors (Lipinski definition) is 1. The quantitative estimate of drug-likeness (QED) is 0.913. The van der Waals surface area contributed by atoms with Crippen LogP contribution in [0.2, 0.25) is 0 Å².